The number of aromatic nitrogens is 1. The van der Waals surface area contributed by atoms with Gasteiger partial charge in [0.2, 0.25) is 0 Å². The zero-order valence-corrected chi connectivity index (χ0v) is 13.2. The van der Waals surface area contributed by atoms with Crippen LogP contribution in [0.1, 0.15) is 23.7 Å². The van der Waals surface area contributed by atoms with Crippen molar-refractivity contribution in [1.82, 2.24) is 13.6 Å². The van der Waals surface area contributed by atoms with Crippen molar-refractivity contribution in [2.24, 2.45) is 0 Å². The molecule has 1 aliphatic rings. The molecule has 7 heteroatoms. The van der Waals surface area contributed by atoms with Crippen LogP contribution in [-0.4, -0.2) is 56.2 Å². The average Bonchev–Trinajstić information content (AvgIpc) is 2.87. The topological polar surface area (TPSA) is 65.5 Å². The summed E-state index contributed by atoms with van der Waals surface area (Å²) >= 11 is 0. The van der Waals surface area contributed by atoms with E-state index in [1.54, 1.807) is 14.1 Å². The minimum Gasteiger partial charge on any atom is -0.388 e. The molecule has 20 heavy (non-hydrogen) atoms. The van der Waals surface area contributed by atoms with Gasteiger partial charge in [-0.05, 0) is 25.5 Å². The van der Waals surface area contributed by atoms with Crippen molar-refractivity contribution < 1.29 is 8.42 Å². The van der Waals surface area contributed by atoms with Crippen LogP contribution in [0.25, 0.3) is 0 Å². The van der Waals surface area contributed by atoms with Gasteiger partial charge >= 0.3 is 0 Å². The molecule has 0 aliphatic carbocycles. The Bertz CT molecular complexity index is 586. The van der Waals surface area contributed by atoms with E-state index < -0.39 is 10.2 Å². The number of nitrogens with zero attached hydrogens (tertiary/aromatic N) is 3. The number of nitrogens with one attached hydrogen (secondary N) is 1. The first kappa shape index (κ1) is 15.2. The van der Waals surface area contributed by atoms with Crippen LogP contribution in [0, 0.1) is 6.92 Å². The molecule has 2 rings (SSSR count). The van der Waals surface area contributed by atoms with E-state index in [4.69, 9.17) is 0 Å². The first-order valence-corrected chi connectivity index (χ1v) is 8.08. The molecule has 1 N–H and O–H groups in total. The van der Waals surface area contributed by atoms with Crippen molar-refractivity contribution in [1.29, 1.82) is 0 Å². The molecular weight excluding hydrogens is 276 g/mol. The lowest BCUT2D eigenvalue weighted by molar-refractivity contribution is 0.418. The molecule has 1 aromatic heterocycles. The fourth-order valence-corrected chi connectivity index (χ4v) is 3.62. The molecule has 2 heterocycles. The van der Waals surface area contributed by atoms with Crippen LogP contribution in [0.2, 0.25) is 0 Å². The van der Waals surface area contributed by atoms with Gasteiger partial charge in [0.05, 0.1) is 0 Å². The SMILES string of the molecule is CNc1cc(C)nc([C@H]2CCN(S(=O)(=O)N(C)C)C2)c1. The van der Waals surface area contributed by atoms with Gasteiger partial charge in [-0.1, -0.05) is 0 Å². The summed E-state index contributed by atoms with van der Waals surface area (Å²) in [6.07, 6.45) is 0.812. The molecule has 0 aromatic carbocycles. The number of rotatable bonds is 4. The highest BCUT2D eigenvalue weighted by molar-refractivity contribution is 7.86. The normalized spacial score (nSPS) is 20.6. The van der Waals surface area contributed by atoms with Crippen molar-refractivity contribution in [3.05, 3.63) is 23.5 Å². The van der Waals surface area contributed by atoms with Gasteiger partial charge in [0.15, 0.2) is 0 Å². The molecule has 6 nitrogen and oxygen atoms in total. The Balaban J connectivity index is 2.20. The molecule has 0 spiro atoms. The minimum absolute atomic E-state index is 0.164. The van der Waals surface area contributed by atoms with Crippen molar-refractivity contribution in [3.63, 3.8) is 0 Å². The van der Waals surface area contributed by atoms with Crippen molar-refractivity contribution in [2.45, 2.75) is 19.3 Å². The van der Waals surface area contributed by atoms with Gasteiger partial charge in [0, 0.05) is 57.2 Å². The number of aryl methyl sites for hydroxylation is 1. The van der Waals surface area contributed by atoms with Gasteiger partial charge in [0.1, 0.15) is 0 Å². The largest absolute Gasteiger partial charge is 0.388 e. The lowest BCUT2D eigenvalue weighted by Gasteiger charge is -2.21. The van der Waals surface area contributed by atoms with Gasteiger partial charge in [-0.2, -0.15) is 17.0 Å². The van der Waals surface area contributed by atoms with E-state index in [1.807, 2.05) is 26.1 Å². The molecule has 1 aliphatic heterocycles. The van der Waals surface area contributed by atoms with E-state index >= 15 is 0 Å². The lowest BCUT2D eigenvalue weighted by Crippen LogP contribution is -2.38. The van der Waals surface area contributed by atoms with Crippen molar-refractivity contribution >= 4 is 15.9 Å². The summed E-state index contributed by atoms with van der Waals surface area (Å²) < 4.78 is 27.0. The highest BCUT2D eigenvalue weighted by Crippen LogP contribution is 2.29. The van der Waals surface area contributed by atoms with E-state index in [2.05, 4.69) is 10.3 Å². The van der Waals surface area contributed by atoms with E-state index in [0.717, 1.165) is 23.5 Å². The zero-order chi connectivity index (χ0) is 14.9. The van der Waals surface area contributed by atoms with E-state index in [-0.39, 0.29) is 5.92 Å². The summed E-state index contributed by atoms with van der Waals surface area (Å²) in [6, 6.07) is 3.98. The number of anilines is 1. The highest BCUT2D eigenvalue weighted by atomic mass is 32.2. The first-order chi connectivity index (χ1) is 9.34. The molecule has 0 radical (unpaired) electrons. The Labute approximate surface area is 121 Å². The third kappa shape index (κ3) is 2.94. The summed E-state index contributed by atoms with van der Waals surface area (Å²) in [7, 11) is 1.68. The summed E-state index contributed by atoms with van der Waals surface area (Å²) in [5.74, 6) is 0.164. The second-order valence-electron chi connectivity index (χ2n) is 5.31. The Kier molecular flexibility index (Phi) is 4.31. The van der Waals surface area contributed by atoms with Gasteiger partial charge in [0.25, 0.3) is 10.2 Å². The fraction of sp³-hybridized carbons (Fsp3) is 0.615. The monoisotopic (exact) mass is 298 g/mol. The molecule has 0 unspecified atom stereocenters. The molecular formula is C13H22N4O2S. The van der Waals surface area contributed by atoms with Gasteiger partial charge in [-0.15, -0.1) is 0 Å². The zero-order valence-electron chi connectivity index (χ0n) is 12.4. The summed E-state index contributed by atoms with van der Waals surface area (Å²) in [5.41, 5.74) is 2.92. The Morgan fingerprint density at radius 2 is 2.10 bits per heavy atom. The molecule has 1 aromatic rings. The molecule has 0 amide bonds. The Morgan fingerprint density at radius 3 is 2.70 bits per heavy atom. The van der Waals surface area contributed by atoms with E-state index in [9.17, 15) is 8.42 Å². The number of hydrogen-bond donors (Lipinski definition) is 1. The highest BCUT2D eigenvalue weighted by Gasteiger charge is 2.34. The second-order valence-corrected chi connectivity index (χ2v) is 7.45. The van der Waals surface area contributed by atoms with Crippen LogP contribution in [0.15, 0.2) is 12.1 Å². The summed E-state index contributed by atoms with van der Waals surface area (Å²) in [5, 5.41) is 3.11. The summed E-state index contributed by atoms with van der Waals surface area (Å²) in [4.78, 5) is 4.55. The average molecular weight is 298 g/mol. The third-order valence-electron chi connectivity index (χ3n) is 3.62. The summed E-state index contributed by atoms with van der Waals surface area (Å²) in [6.45, 7) is 3.00. The van der Waals surface area contributed by atoms with Crippen LogP contribution in [0.3, 0.4) is 0 Å². The van der Waals surface area contributed by atoms with Gasteiger partial charge in [-0.25, -0.2) is 0 Å². The maximum Gasteiger partial charge on any atom is 0.281 e. The fourth-order valence-electron chi connectivity index (χ4n) is 2.46. The van der Waals surface area contributed by atoms with Crippen LogP contribution < -0.4 is 5.32 Å². The predicted octanol–water partition coefficient (Wildman–Crippen LogP) is 1.03. The Hall–Kier alpha value is -1.18. The third-order valence-corrected chi connectivity index (χ3v) is 5.53. The van der Waals surface area contributed by atoms with Crippen molar-refractivity contribution in [3.8, 4) is 0 Å². The number of hydrogen-bond acceptors (Lipinski definition) is 4. The standard InChI is InChI=1S/C13H22N4O2S/c1-10-7-12(14-2)8-13(15-10)11-5-6-17(9-11)20(18,19)16(3)4/h7-8,11H,5-6,9H2,1-4H3,(H,14,15)/t11-/m0/s1. The first-order valence-electron chi connectivity index (χ1n) is 6.68. The maximum atomic E-state index is 12.1. The van der Waals surface area contributed by atoms with Gasteiger partial charge in [-0.3, -0.25) is 4.98 Å². The molecule has 1 saturated heterocycles. The quantitative estimate of drug-likeness (QED) is 0.901. The lowest BCUT2D eigenvalue weighted by atomic mass is 10.0. The van der Waals surface area contributed by atoms with E-state index in [0.29, 0.717) is 13.1 Å². The van der Waals surface area contributed by atoms with E-state index in [1.165, 1.54) is 8.61 Å². The number of pyridine rings is 1. The molecule has 0 saturated carbocycles. The van der Waals surface area contributed by atoms with Crippen LogP contribution >= 0.6 is 0 Å². The van der Waals surface area contributed by atoms with Crippen LogP contribution in [0.4, 0.5) is 5.69 Å². The molecule has 0 bridgehead atoms. The molecule has 112 valence electrons. The smallest absolute Gasteiger partial charge is 0.281 e. The van der Waals surface area contributed by atoms with Crippen LogP contribution in [-0.2, 0) is 10.2 Å². The maximum absolute atomic E-state index is 12.1. The predicted molar refractivity (Wildman–Crippen MR) is 80.1 cm³/mol. The van der Waals surface area contributed by atoms with Crippen molar-refractivity contribution in [2.75, 3.05) is 39.5 Å². The Morgan fingerprint density at radius 1 is 1.40 bits per heavy atom. The minimum atomic E-state index is -3.32. The molecule has 1 atom stereocenters. The second kappa shape index (κ2) is 5.67. The van der Waals surface area contributed by atoms with Gasteiger partial charge < -0.3 is 5.32 Å². The molecule has 1 fully saturated rings. The van der Waals surface area contributed by atoms with Crippen LogP contribution in [0.5, 0.6) is 0 Å².